The fraction of sp³-hybridized carbons (Fsp3) is 0.333. The monoisotopic (exact) mass is 522 g/mol. The summed E-state index contributed by atoms with van der Waals surface area (Å²) in [5.41, 5.74) is 1.87. The summed E-state index contributed by atoms with van der Waals surface area (Å²) in [6.07, 6.45) is 0.325. The second kappa shape index (κ2) is 13.3. The van der Waals surface area contributed by atoms with Crippen LogP contribution in [0, 0.1) is 5.82 Å². The summed E-state index contributed by atoms with van der Waals surface area (Å²) in [5.74, 6) is 0.679. The second-order valence-corrected chi connectivity index (χ2v) is 10.9. The minimum absolute atomic E-state index is 0.00364. The molecule has 0 heterocycles. The van der Waals surface area contributed by atoms with Gasteiger partial charge in [-0.15, -0.1) is 11.8 Å². The molecule has 1 atom stereocenters. The number of carbonyl (C=O) groups excluding carboxylic acids is 2. The molecule has 0 aromatic heterocycles. The third kappa shape index (κ3) is 8.93. The zero-order valence-electron chi connectivity index (χ0n) is 21.9. The molecule has 196 valence electrons. The first-order valence-electron chi connectivity index (χ1n) is 12.3. The topological polar surface area (TPSA) is 58.6 Å². The molecule has 37 heavy (non-hydrogen) atoms. The summed E-state index contributed by atoms with van der Waals surface area (Å²) in [4.78, 5) is 28.7. The number of nitrogens with one attached hydrogen (secondary N) is 1. The quantitative estimate of drug-likeness (QED) is 0.355. The van der Waals surface area contributed by atoms with Crippen LogP contribution in [0.25, 0.3) is 0 Å². The Balaban J connectivity index is 1.85. The lowest BCUT2D eigenvalue weighted by atomic mass is 10.0. The van der Waals surface area contributed by atoms with Crippen LogP contribution in [0.4, 0.5) is 4.39 Å². The molecule has 0 bridgehead atoms. The maximum Gasteiger partial charge on any atom is 0.243 e. The lowest BCUT2D eigenvalue weighted by Crippen LogP contribution is -2.54. The number of thioether (sulfide) groups is 1. The zero-order valence-corrected chi connectivity index (χ0v) is 22.7. The number of hydrogen-bond donors (Lipinski definition) is 1. The summed E-state index contributed by atoms with van der Waals surface area (Å²) in [6, 6.07) is 22.9. The minimum Gasteiger partial charge on any atom is -0.497 e. The third-order valence-electron chi connectivity index (χ3n) is 5.72. The molecule has 3 aromatic carbocycles. The van der Waals surface area contributed by atoms with E-state index in [9.17, 15) is 14.0 Å². The average Bonchev–Trinajstić information content (AvgIpc) is 2.87. The Kier molecular flexibility index (Phi) is 10.1. The van der Waals surface area contributed by atoms with E-state index < -0.39 is 17.4 Å². The molecule has 5 nitrogen and oxygen atoms in total. The number of methoxy groups -OCH3 is 1. The largest absolute Gasteiger partial charge is 0.497 e. The molecule has 0 spiro atoms. The van der Waals surface area contributed by atoms with Gasteiger partial charge >= 0.3 is 0 Å². The molecule has 0 radical (unpaired) electrons. The van der Waals surface area contributed by atoms with Crippen molar-refractivity contribution in [1.82, 2.24) is 10.2 Å². The van der Waals surface area contributed by atoms with E-state index >= 15 is 0 Å². The van der Waals surface area contributed by atoms with Crippen LogP contribution < -0.4 is 10.1 Å². The van der Waals surface area contributed by atoms with Crippen LogP contribution in [0.3, 0.4) is 0 Å². The van der Waals surface area contributed by atoms with Gasteiger partial charge in [0.2, 0.25) is 11.8 Å². The molecule has 0 aliphatic carbocycles. The molecule has 0 saturated carbocycles. The number of rotatable bonds is 11. The van der Waals surface area contributed by atoms with Gasteiger partial charge in [0.15, 0.2) is 0 Å². The van der Waals surface area contributed by atoms with E-state index in [1.54, 1.807) is 25.3 Å². The Hall–Kier alpha value is -3.32. The second-order valence-electron chi connectivity index (χ2n) is 9.90. The van der Waals surface area contributed by atoms with Gasteiger partial charge in [0.1, 0.15) is 17.6 Å². The third-order valence-corrected chi connectivity index (χ3v) is 6.71. The standard InChI is InChI=1S/C30H35FN2O3S/c1-30(2,3)32-29(35)27(18-22-10-6-5-7-11-22)33(19-24-12-8-9-13-26(24)31)28(34)21-37-20-23-14-16-25(36-4)17-15-23/h5-17,27H,18-21H2,1-4H3,(H,32,35)/t27-/m0/s1. The fourth-order valence-electron chi connectivity index (χ4n) is 3.88. The van der Waals surface area contributed by atoms with Crippen molar-refractivity contribution in [1.29, 1.82) is 0 Å². The molecule has 0 fully saturated rings. The van der Waals surface area contributed by atoms with Crippen LogP contribution in [0.1, 0.15) is 37.5 Å². The number of ether oxygens (including phenoxy) is 1. The van der Waals surface area contributed by atoms with Gasteiger partial charge in [-0.2, -0.15) is 0 Å². The molecule has 0 aliphatic rings. The Morgan fingerprint density at radius 3 is 2.22 bits per heavy atom. The zero-order chi connectivity index (χ0) is 26.8. The fourth-order valence-corrected chi connectivity index (χ4v) is 4.75. The van der Waals surface area contributed by atoms with Crippen molar-refractivity contribution in [2.24, 2.45) is 0 Å². The van der Waals surface area contributed by atoms with Crippen LogP contribution in [-0.4, -0.2) is 41.2 Å². The lowest BCUT2D eigenvalue weighted by Gasteiger charge is -2.34. The number of hydrogen-bond acceptors (Lipinski definition) is 4. The predicted molar refractivity (Wildman–Crippen MR) is 148 cm³/mol. The Morgan fingerprint density at radius 1 is 0.946 bits per heavy atom. The van der Waals surface area contributed by atoms with Crippen LogP contribution >= 0.6 is 11.8 Å². The van der Waals surface area contributed by atoms with E-state index in [2.05, 4.69) is 5.32 Å². The summed E-state index contributed by atoms with van der Waals surface area (Å²) < 4.78 is 19.9. The normalized spacial score (nSPS) is 12.0. The number of nitrogens with zero attached hydrogens (tertiary/aromatic N) is 1. The average molecular weight is 523 g/mol. The Bertz CT molecular complexity index is 1160. The maximum absolute atomic E-state index is 14.7. The van der Waals surface area contributed by atoms with Gasteiger partial charge in [-0.3, -0.25) is 9.59 Å². The van der Waals surface area contributed by atoms with Crippen molar-refractivity contribution in [3.63, 3.8) is 0 Å². The number of amides is 2. The summed E-state index contributed by atoms with van der Waals surface area (Å²) in [5, 5.41) is 3.02. The summed E-state index contributed by atoms with van der Waals surface area (Å²) >= 11 is 1.46. The van der Waals surface area contributed by atoms with E-state index in [1.165, 1.54) is 22.7 Å². The summed E-state index contributed by atoms with van der Waals surface area (Å²) in [6.45, 7) is 5.71. The molecule has 0 unspecified atom stereocenters. The molecule has 0 aliphatic heterocycles. The highest BCUT2D eigenvalue weighted by Gasteiger charge is 2.32. The molecule has 2 amide bonds. The van der Waals surface area contributed by atoms with E-state index in [4.69, 9.17) is 4.74 Å². The Labute approximate surface area is 223 Å². The lowest BCUT2D eigenvalue weighted by molar-refractivity contribution is -0.140. The van der Waals surface area contributed by atoms with Crippen molar-refractivity contribution in [3.8, 4) is 5.75 Å². The Morgan fingerprint density at radius 2 is 1.59 bits per heavy atom. The van der Waals surface area contributed by atoms with E-state index in [0.717, 1.165) is 16.9 Å². The van der Waals surface area contributed by atoms with Gasteiger partial charge in [0.05, 0.1) is 12.9 Å². The van der Waals surface area contributed by atoms with Crippen molar-refractivity contribution in [2.75, 3.05) is 12.9 Å². The maximum atomic E-state index is 14.7. The minimum atomic E-state index is -0.796. The highest BCUT2D eigenvalue weighted by Crippen LogP contribution is 2.21. The van der Waals surface area contributed by atoms with Crippen LogP contribution in [0.5, 0.6) is 5.75 Å². The number of benzene rings is 3. The highest BCUT2D eigenvalue weighted by atomic mass is 32.2. The van der Waals surface area contributed by atoms with E-state index in [1.807, 2.05) is 75.4 Å². The van der Waals surface area contributed by atoms with E-state index in [-0.39, 0.29) is 24.1 Å². The first kappa shape index (κ1) is 28.3. The van der Waals surface area contributed by atoms with Crippen LogP contribution in [-0.2, 0) is 28.3 Å². The first-order valence-corrected chi connectivity index (χ1v) is 13.4. The van der Waals surface area contributed by atoms with Gasteiger partial charge < -0.3 is 15.0 Å². The van der Waals surface area contributed by atoms with Gasteiger partial charge in [-0.05, 0) is 50.1 Å². The number of carbonyl (C=O) groups is 2. The van der Waals surface area contributed by atoms with Gasteiger partial charge in [-0.25, -0.2) is 4.39 Å². The highest BCUT2D eigenvalue weighted by molar-refractivity contribution is 7.99. The van der Waals surface area contributed by atoms with Gasteiger partial charge in [-0.1, -0.05) is 60.7 Å². The molecular weight excluding hydrogens is 487 g/mol. The van der Waals surface area contributed by atoms with Gasteiger partial charge in [0, 0.05) is 29.8 Å². The van der Waals surface area contributed by atoms with Crippen LogP contribution in [0.15, 0.2) is 78.9 Å². The molecular formula is C30H35FN2O3S. The van der Waals surface area contributed by atoms with Crippen molar-refractivity contribution in [2.45, 2.75) is 51.1 Å². The van der Waals surface area contributed by atoms with Gasteiger partial charge in [0.25, 0.3) is 0 Å². The first-order chi connectivity index (χ1) is 17.7. The molecule has 1 N–H and O–H groups in total. The van der Waals surface area contributed by atoms with E-state index in [0.29, 0.717) is 17.7 Å². The van der Waals surface area contributed by atoms with Crippen LogP contribution in [0.2, 0.25) is 0 Å². The van der Waals surface area contributed by atoms with Crippen molar-refractivity contribution in [3.05, 3.63) is 101 Å². The molecule has 0 saturated heterocycles. The smallest absolute Gasteiger partial charge is 0.243 e. The number of halogens is 1. The molecule has 3 rings (SSSR count). The molecule has 7 heteroatoms. The SMILES string of the molecule is COc1ccc(CSCC(=O)N(Cc2ccccc2F)[C@@H](Cc2ccccc2)C(=O)NC(C)(C)C)cc1. The predicted octanol–water partition coefficient (Wildman–Crippen LogP) is 5.62. The van der Waals surface area contributed by atoms with Crippen molar-refractivity contribution >= 4 is 23.6 Å². The molecule has 3 aromatic rings. The van der Waals surface area contributed by atoms with Crippen molar-refractivity contribution < 1.29 is 18.7 Å². The summed E-state index contributed by atoms with van der Waals surface area (Å²) in [7, 11) is 1.62.